The Balaban J connectivity index is 1.16. The SMILES string of the molecule is O=C(COc1ccc(Oc2ccccc2)cc1)NCC1(c2ccc3c(c2)OCO3)CCOCC1. The van der Waals surface area contributed by atoms with Gasteiger partial charge in [0, 0.05) is 25.2 Å². The fraction of sp³-hybridized carbons (Fsp3) is 0.296. The highest BCUT2D eigenvalue weighted by molar-refractivity contribution is 5.77. The van der Waals surface area contributed by atoms with Crippen LogP contribution in [0.15, 0.2) is 72.8 Å². The molecule has 2 aliphatic heterocycles. The van der Waals surface area contributed by atoms with Crippen LogP contribution >= 0.6 is 0 Å². The van der Waals surface area contributed by atoms with Gasteiger partial charge in [-0.2, -0.15) is 0 Å². The van der Waals surface area contributed by atoms with Crippen LogP contribution in [0.1, 0.15) is 18.4 Å². The molecular formula is C27H27NO6. The molecule has 2 aliphatic rings. The lowest BCUT2D eigenvalue weighted by molar-refractivity contribution is -0.123. The third kappa shape index (κ3) is 5.10. The maximum absolute atomic E-state index is 12.6. The van der Waals surface area contributed by atoms with E-state index in [-0.39, 0.29) is 24.7 Å². The van der Waals surface area contributed by atoms with E-state index in [1.54, 1.807) is 12.1 Å². The average molecular weight is 462 g/mol. The van der Waals surface area contributed by atoms with Crippen molar-refractivity contribution >= 4 is 5.91 Å². The van der Waals surface area contributed by atoms with Gasteiger partial charge in [-0.1, -0.05) is 24.3 Å². The standard InChI is InChI=1S/C27H27NO6/c29-26(17-31-21-7-9-23(10-8-21)34-22-4-2-1-3-5-22)28-18-27(12-14-30-15-13-27)20-6-11-24-25(16-20)33-19-32-24/h1-11,16H,12-15,17-19H2,(H,28,29). The molecule has 34 heavy (non-hydrogen) atoms. The Labute approximate surface area is 198 Å². The van der Waals surface area contributed by atoms with Crippen molar-refractivity contribution in [3.05, 3.63) is 78.4 Å². The second kappa shape index (κ2) is 10.1. The van der Waals surface area contributed by atoms with Crippen LogP contribution in [0.2, 0.25) is 0 Å². The summed E-state index contributed by atoms with van der Waals surface area (Å²) < 4.78 is 28.1. The molecule has 0 aliphatic carbocycles. The topological polar surface area (TPSA) is 75.3 Å². The van der Waals surface area contributed by atoms with Crippen LogP contribution in [0.25, 0.3) is 0 Å². The summed E-state index contributed by atoms with van der Waals surface area (Å²) in [5, 5.41) is 3.06. The minimum atomic E-state index is -0.217. The molecule has 3 aromatic rings. The minimum absolute atomic E-state index is 0.0629. The van der Waals surface area contributed by atoms with Gasteiger partial charge in [0.25, 0.3) is 5.91 Å². The molecule has 0 bridgehead atoms. The Hall–Kier alpha value is -3.71. The summed E-state index contributed by atoms with van der Waals surface area (Å²) in [6.07, 6.45) is 1.63. The van der Waals surface area contributed by atoms with Gasteiger partial charge in [0.1, 0.15) is 17.2 Å². The van der Waals surface area contributed by atoms with E-state index in [0.717, 1.165) is 35.7 Å². The largest absolute Gasteiger partial charge is 0.484 e. The first-order valence-electron chi connectivity index (χ1n) is 11.4. The van der Waals surface area contributed by atoms with Crippen molar-refractivity contribution in [2.75, 3.05) is 33.2 Å². The zero-order valence-corrected chi connectivity index (χ0v) is 18.8. The zero-order chi connectivity index (χ0) is 23.2. The van der Waals surface area contributed by atoms with Crippen LogP contribution in [-0.2, 0) is 14.9 Å². The summed E-state index contributed by atoms with van der Waals surface area (Å²) in [5.74, 6) is 3.40. The summed E-state index contributed by atoms with van der Waals surface area (Å²) in [6.45, 7) is 1.98. The third-order valence-electron chi connectivity index (χ3n) is 6.23. The quantitative estimate of drug-likeness (QED) is 0.534. The summed E-state index contributed by atoms with van der Waals surface area (Å²) in [4.78, 5) is 12.6. The number of hydrogen-bond acceptors (Lipinski definition) is 6. The van der Waals surface area contributed by atoms with Crippen molar-refractivity contribution in [1.82, 2.24) is 5.32 Å². The van der Waals surface area contributed by atoms with Crippen LogP contribution in [0.4, 0.5) is 0 Å². The molecular weight excluding hydrogens is 434 g/mol. The van der Waals surface area contributed by atoms with Gasteiger partial charge in [0.15, 0.2) is 18.1 Å². The summed E-state index contributed by atoms with van der Waals surface area (Å²) in [5.41, 5.74) is 0.904. The van der Waals surface area contributed by atoms with Gasteiger partial charge >= 0.3 is 0 Å². The Morgan fingerprint density at radius 3 is 2.35 bits per heavy atom. The number of carbonyl (C=O) groups excluding carboxylic acids is 1. The molecule has 0 spiro atoms. The van der Waals surface area contributed by atoms with E-state index in [1.165, 1.54) is 0 Å². The lowest BCUT2D eigenvalue weighted by atomic mass is 9.74. The normalized spacial score (nSPS) is 16.0. The monoisotopic (exact) mass is 461 g/mol. The molecule has 7 nitrogen and oxygen atoms in total. The number of benzene rings is 3. The summed E-state index contributed by atoms with van der Waals surface area (Å²) in [6, 6.07) is 22.8. The van der Waals surface area contributed by atoms with Crippen molar-refractivity contribution < 1.29 is 28.5 Å². The number of amides is 1. The fourth-order valence-electron chi connectivity index (χ4n) is 4.25. The van der Waals surface area contributed by atoms with Crippen LogP contribution in [0, 0.1) is 0 Å². The molecule has 0 unspecified atom stereocenters. The van der Waals surface area contributed by atoms with E-state index in [1.807, 2.05) is 54.6 Å². The van der Waals surface area contributed by atoms with E-state index < -0.39 is 0 Å². The van der Waals surface area contributed by atoms with Gasteiger partial charge in [-0.15, -0.1) is 0 Å². The van der Waals surface area contributed by atoms with Crippen LogP contribution < -0.4 is 24.3 Å². The van der Waals surface area contributed by atoms with Crippen LogP contribution in [0.3, 0.4) is 0 Å². The molecule has 5 rings (SSSR count). The maximum Gasteiger partial charge on any atom is 0.257 e. The molecule has 1 N–H and O–H groups in total. The lowest BCUT2D eigenvalue weighted by Gasteiger charge is -2.38. The average Bonchev–Trinajstić information content (AvgIpc) is 3.36. The highest BCUT2D eigenvalue weighted by atomic mass is 16.7. The number of nitrogens with one attached hydrogen (secondary N) is 1. The molecule has 7 heteroatoms. The predicted octanol–water partition coefficient (Wildman–Crippen LogP) is 4.45. The number of fused-ring (bicyclic) bond motifs is 1. The molecule has 2 heterocycles. The summed E-state index contributed by atoms with van der Waals surface area (Å²) in [7, 11) is 0. The summed E-state index contributed by atoms with van der Waals surface area (Å²) >= 11 is 0. The van der Waals surface area contributed by atoms with Crippen molar-refractivity contribution in [2.24, 2.45) is 0 Å². The number of hydrogen-bond donors (Lipinski definition) is 1. The van der Waals surface area contributed by atoms with Crippen LogP contribution in [-0.4, -0.2) is 39.1 Å². The van der Waals surface area contributed by atoms with Gasteiger partial charge in [-0.05, 0) is 66.9 Å². The van der Waals surface area contributed by atoms with E-state index >= 15 is 0 Å². The van der Waals surface area contributed by atoms with Gasteiger partial charge in [0.05, 0.1) is 0 Å². The third-order valence-corrected chi connectivity index (χ3v) is 6.23. The van der Waals surface area contributed by atoms with Crippen LogP contribution in [0.5, 0.6) is 28.7 Å². The fourth-order valence-corrected chi connectivity index (χ4v) is 4.25. The van der Waals surface area contributed by atoms with E-state index in [2.05, 4.69) is 11.4 Å². The predicted molar refractivity (Wildman–Crippen MR) is 126 cm³/mol. The second-order valence-corrected chi connectivity index (χ2v) is 8.41. The first-order valence-corrected chi connectivity index (χ1v) is 11.4. The highest BCUT2D eigenvalue weighted by Crippen LogP contribution is 2.40. The second-order valence-electron chi connectivity index (χ2n) is 8.41. The Morgan fingerprint density at radius 1 is 0.853 bits per heavy atom. The Morgan fingerprint density at radius 2 is 1.56 bits per heavy atom. The van der Waals surface area contributed by atoms with Gasteiger partial charge < -0.3 is 29.0 Å². The van der Waals surface area contributed by atoms with Gasteiger partial charge in [-0.25, -0.2) is 0 Å². The molecule has 0 aromatic heterocycles. The first-order chi connectivity index (χ1) is 16.7. The number of carbonyl (C=O) groups is 1. The molecule has 1 fully saturated rings. The number of rotatable bonds is 8. The van der Waals surface area contributed by atoms with E-state index in [4.69, 9.17) is 23.7 Å². The minimum Gasteiger partial charge on any atom is -0.484 e. The molecule has 0 saturated carbocycles. The molecule has 1 saturated heterocycles. The Bertz CT molecular complexity index is 1110. The maximum atomic E-state index is 12.6. The van der Waals surface area contributed by atoms with Crippen molar-refractivity contribution in [3.63, 3.8) is 0 Å². The zero-order valence-electron chi connectivity index (χ0n) is 18.8. The lowest BCUT2D eigenvalue weighted by Crippen LogP contribution is -2.45. The number of ether oxygens (including phenoxy) is 5. The van der Waals surface area contributed by atoms with E-state index in [0.29, 0.717) is 31.3 Å². The van der Waals surface area contributed by atoms with E-state index in [9.17, 15) is 4.79 Å². The van der Waals surface area contributed by atoms with Crippen molar-refractivity contribution in [2.45, 2.75) is 18.3 Å². The first kappa shape index (κ1) is 22.1. The van der Waals surface area contributed by atoms with Gasteiger partial charge in [-0.3, -0.25) is 4.79 Å². The number of para-hydroxylation sites is 1. The molecule has 1 amide bonds. The highest BCUT2D eigenvalue weighted by Gasteiger charge is 2.36. The van der Waals surface area contributed by atoms with Gasteiger partial charge in [0.2, 0.25) is 6.79 Å². The Kier molecular flexibility index (Phi) is 6.53. The molecule has 176 valence electrons. The molecule has 0 atom stereocenters. The smallest absolute Gasteiger partial charge is 0.257 e. The molecule has 0 radical (unpaired) electrons. The van der Waals surface area contributed by atoms with Crippen molar-refractivity contribution in [3.8, 4) is 28.7 Å². The molecule has 3 aromatic carbocycles. The van der Waals surface area contributed by atoms with Crippen molar-refractivity contribution in [1.29, 1.82) is 0 Å².